The van der Waals surface area contributed by atoms with Crippen molar-refractivity contribution < 1.29 is 28.6 Å². The Morgan fingerprint density at radius 2 is 0.631 bits per heavy atom. The zero-order chi connectivity index (χ0) is 47.2. The molecular weight excluding hydrogens is 805 g/mol. The maximum atomic E-state index is 12.8. The van der Waals surface area contributed by atoms with E-state index in [0.29, 0.717) is 19.3 Å². The Balaban J connectivity index is 4.43. The first kappa shape index (κ1) is 61.3. The fourth-order valence-corrected chi connectivity index (χ4v) is 7.02. The van der Waals surface area contributed by atoms with Crippen molar-refractivity contribution in [2.75, 3.05) is 13.2 Å². The summed E-state index contributed by atoms with van der Waals surface area (Å²) in [6.45, 7) is 6.40. The molecule has 0 amide bonds. The van der Waals surface area contributed by atoms with Crippen LogP contribution in [-0.4, -0.2) is 37.2 Å². The van der Waals surface area contributed by atoms with Crippen LogP contribution in [0.25, 0.3) is 0 Å². The molecule has 0 unspecified atom stereocenters. The van der Waals surface area contributed by atoms with E-state index in [4.69, 9.17) is 14.2 Å². The van der Waals surface area contributed by atoms with Crippen molar-refractivity contribution in [2.24, 2.45) is 0 Å². The van der Waals surface area contributed by atoms with Gasteiger partial charge in [-0.2, -0.15) is 0 Å². The highest BCUT2D eigenvalue weighted by atomic mass is 16.6. The van der Waals surface area contributed by atoms with Gasteiger partial charge in [-0.1, -0.05) is 208 Å². The second kappa shape index (κ2) is 52.9. The van der Waals surface area contributed by atoms with Crippen LogP contribution in [0.5, 0.6) is 0 Å². The van der Waals surface area contributed by atoms with Crippen LogP contribution in [0.15, 0.2) is 97.2 Å². The molecule has 0 aromatic heterocycles. The first-order chi connectivity index (χ1) is 32.0. The minimum Gasteiger partial charge on any atom is -0.462 e. The predicted molar refractivity (Wildman–Crippen MR) is 279 cm³/mol. The van der Waals surface area contributed by atoms with Crippen molar-refractivity contribution in [3.05, 3.63) is 97.2 Å². The number of esters is 3. The normalized spacial score (nSPS) is 12.8. The Morgan fingerprint density at radius 3 is 1.06 bits per heavy atom. The molecule has 0 N–H and O–H groups in total. The summed E-state index contributed by atoms with van der Waals surface area (Å²) < 4.78 is 16.7. The van der Waals surface area contributed by atoms with Gasteiger partial charge in [0.25, 0.3) is 0 Å². The van der Waals surface area contributed by atoms with Gasteiger partial charge in [0.15, 0.2) is 6.10 Å². The van der Waals surface area contributed by atoms with E-state index in [2.05, 4.69) is 118 Å². The zero-order valence-corrected chi connectivity index (χ0v) is 42.2. The molecule has 370 valence electrons. The van der Waals surface area contributed by atoms with E-state index in [1.807, 2.05) is 0 Å². The lowest BCUT2D eigenvalue weighted by Crippen LogP contribution is -2.30. The third-order valence-electron chi connectivity index (χ3n) is 11.0. The molecule has 0 saturated heterocycles. The van der Waals surface area contributed by atoms with Gasteiger partial charge in [0.2, 0.25) is 0 Å². The molecule has 0 aromatic carbocycles. The SMILES string of the molecule is CC/C=C\C/C=C\C/C=C\C/C=C\C/C=C\CCCC(=O)OC[C@H](COC(=O)CCCCCCCCCCC/C=C\C/C=C\CCCCC)OC(=O)CCCCCCC/C=C\CCCC. The third kappa shape index (κ3) is 51.2. The van der Waals surface area contributed by atoms with Crippen LogP contribution < -0.4 is 0 Å². The number of carbonyl (C=O) groups is 3. The first-order valence-electron chi connectivity index (χ1n) is 26.7. The lowest BCUT2D eigenvalue weighted by molar-refractivity contribution is -0.167. The van der Waals surface area contributed by atoms with Crippen LogP contribution in [0.3, 0.4) is 0 Å². The van der Waals surface area contributed by atoms with Gasteiger partial charge in [0, 0.05) is 19.3 Å². The summed E-state index contributed by atoms with van der Waals surface area (Å²) >= 11 is 0. The molecule has 6 heteroatoms. The highest BCUT2D eigenvalue weighted by Crippen LogP contribution is 2.14. The molecular formula is C59H98O6. The second-order valence-electron chi connectivity index (χ2n) is 17.4. The minimum absolute atomic E-state index is 0.102. The first-order valence-corrected chi connectivity index (χ1v) is 26.7. The monoisotopic (exact) mass is 903 g/mol. The average Bonchev–Trinajstić information content (AvgIpc) is 3.30. The summed E-state index contributed by atoms with van der Waals surface area (Å²) in [7, 11) is 0. The Hall–Kier alpha value is -3.67. The van der Waals surface area contributed by atoms with Crippen LogP contribution >= 0.6 is 0 Å². The lowest BCUT2D eigenvalue weighted by atomic mass is 10.1. The summed E-state index contributed by atoms with van der Waals surface area (Å²) in [4.78, 5) is 38.0. The third-order valence-corrected chi connectivity index (χ3v) is 11.0. The summed E-state index contributed by atoms with van der Waals surface area (Å²) in [6, 6.07) is 0. The molecule has 0 bridgehead atoms. The quantitative estimate of drug-likeness (QED) is 0.0262. The number of hydrogen-bond acceptors (Lipinski definition) is 6. The summed E-state index contributed by atoms with van der Waals surface area (Å²) in [5.74, 6) is -0.978. The van der Waals surface area contributed by atoms with Crippen molar-refractivity contribution in [1.82, 2.24) is 0 Å². The van der Waals surface area contributed by atoms with E-state index in [0.717, 1.165) is 96.3 Å². The Labute approximate surface area is 400 Å². The molecule has 0 aromatic rings. The maximum Gasteiger partial charge on any atom is 0.306 e. The standard InChI is InChI=1S/C59H98O6/c1-4-7-10-13-16-19-22-24-26-28-29-31-33-35-38-40-43-46-49-52-58(61)64-55-56(65-59(62)53-50-47-44-41-36-21-18-15-12-9-6-3)54-63-57(60)51-48-45-42-39-37-34-32-30-27-25-23-20-17-14-11-8-5-2/h8,11,15-20,24-27,32,34,39,42,56H,4-7,9-10,12-14,21-23,28-31,33,35-38,40-41,43-55H2,1-3H3/b11-8-,18-15-,19-16-,20-17-,26-24-,27-25-,34-32-,42-39-/t56-/m1/s1. The molecule has 65 heavy (non-hydrogen) atoms. The van der Waals surface area contributed by atoms with Crippen LogP contribution in [0.1, 0.15) is 239 Å². The number of ether oxygens (including phenoxy) is 3. The molecule has 0 spiro atoms. The van der Waals surface area contributed by atoms with Crippen LogP contribution in [0, 0.1) is 0 Å². The topological polar surface area (TPSA) is 78.9 Å². The summed E-state index contributed by atoms with van der Waals surface area (Å²) in [5, 5.41) is 0. The predicted octanol–water partition coefficient (Wildman–Crippen LogP) is 17.8. The van der Waals surface area contributed by atoms with E-state index in [1.165, 1.54) is 96.3 Å². The lowest BCUT2D eigenvalue weighted by Gasteiger charge is -2.18. The average molecular weight is 903 g/mol. The van der Waals surface area contributed by atoms with Crippen molar-refractivity contribution in [1.29, 1.82) is 0 Å². The summed E-state index contributed by atoms with van der Waals surface area (Å²) in [5.41, 5.74) is 0. The fourth-order valence-electron chi connectivity index (χ4n) is 7.02. The van der Waals surface area contributed by atoms with Crippen molar-refractivity contribution >= 4 is 17.9 Å². The molecule has 0 fully saturated rings. The van der Waals surface area contributed by atoms with Gasteiger partial charge in [-0.05, 0) is 109 Å². The highest BCUT2D eigenvalue weighted by Gasteiger charge is 2.19. The van der Waals surface area contributed by atoms with E-state index >= 15 is 0 Å². The number of carbonyl (C=O) groups excluding carboxylic acids is 3. The molecule has 1 atom stereocenters. The minimum atomic E-state index is -0.806. The highest BCUT2D eigenvalue weighted by molar-refractivity contribution is 5.71. The molecule has 0 heterocycles. The van der Waals surface area contributed by atoms with Crippen LogP contribution in [0.2, 0.25) is 0 Å². The largest absolute Gasteiger partial charge is 0.462 e. The fraction of sp³-hybridized carbons (Fsp3) is 0.678. The van der Waals surface area contributed by atoms with E-state index in [1.54, 1.807) is 0 Å². The second-order valence-corrected chi connectivity index (χ2v) is 17.4. The van der Waals surface area contributed by atoms with Gasteiger partial charge >= 0.3 is 17.9 Å². The van der Waals surface area contributed by atoms with Gasteiger partial charge in [-0.25, -0.2) is 0 Å². The Kier molecular flexibility index (Phi) is 50.0. The van der Waals surface area contributed by atoms with Gasteiger partial charge < -0.3 is 14.2 Å². The van der Waals surface area contributed by atoms with Gasteiger partial charge in [0.1, 0.15) is 13.2 Å². The molecule has 0 rings (SSSR count). The Morgan fingerprint density at radius 1 is 0.323 bits per heavy atom. The molecule has 0 radical (unpaired) electrons. The van der Waals surface area contributed by atoms with E-state index < -0.39 is 6.10 Å². The van der Waals surface area contributed by atoms with Crippen molar-refractivity contribution in [3.8, 4) is 0 Å². The zero-order valence-electron chi connectivity index (χ0n) is 42.2. The molecule has 0 aliphatic heterocycles. The van der Waals surface area contributed by atoms with Crippen LogP contribution in [0.4, 0.5) is 0 Å². The number of rotatable bonds is 47. The molecule has 0 aliphatic rings. The number of allylic oxidation sites excluding steroid dienone is 16. The Bertz CT molecular complexity index is 1310. The number of unbranched alkanes of at least 4 members (excludes halogenated alkanes) is 20. The van der Waals surface area contributed by atoms with Crippen molar-refractivity contribution in [3.63, 3.8) is 0 Å². The number of hydrogen-bond donors (Lipinski definition) is 0. The van der Waals surface area contributed by atoms with E-state index in [-0.39, 0.29) is 37.5 Å². The van der Waals surface area contributed by atoms with Gasteiger partial charge in [-0.15, -0.1) is 0 Å². The molecule has 6 nitrogen and oxygen atoms in total. The van der Waals surface area contributed by atoms with Gasteiger partial charge in [-0.3, -0.25) is 14.4 Å². The molecule has 0 saturated carbocycles. The van der Waals surface area contributed by atoms with Crippen LogP contribution in [-0.2, 0) is 28.6 Å². The molecule has 0 aliphatic carbocycles. The smallest absolute Gasteiger partial charge is 0.306 e. The van der Waals surface area contributed by atoms with Crippen molar-refractivity contribution in [2.45, 2.75) is 245 Å². The maximum absolute atomic E-state index is 12.8. The van der Waals surface area contributed by atoms with Gasteiger partial charge in [0.05, 0.1) is 0 Å². The summed E-state index contributed by atoms with van der Waals surface area (Å²) in [6.07, 6.45) is 69.7. The van der Waals surface area contributed by atoms with E-state index in [9.17, 15) is 14.4 Å².